The highest BCUT2D eigenvalue weighted by atomic mass is 16.7. The third-order valence-corrected chi connectivity index (χ3v) is 7.61. The van der Waals surface area contributed by atoms with E-state index in [9.17, 15) is 4.79 Å². The average Bonchev–Trinajstić information content (AvgIpc) is 3.64. The third kappa shape index (κ3) is 6.35. The summed E-state index contributed by atoms with van der Waals surface area (Å²) in [5, 5.41) is 0. The van der Waals surface area contributed by atoms with Crippen molar-refractivity contribution >= 4 is 5.91 Å². The zero-order valence-corrected chi connectivity index (χ0v) is 22.1. The summed E-state index contributed by atoms with van der Waals surface area (Å²) < 4.78 is 17.2. The first kappa shape index (κ1) is 25.3. The van der Waals surface area contributed by atoms with E-state index in [1.54, 1.807) is 0 Å². The number of hydrogen-bond donors (Lipinski definition) is 0. The Morgan fingerprint density at radius 2 is 1.44 bits per heavy atom. The number of piperidine rings is 1. The fourth-order valence-electron chi connectivity index (χ4n) is 5.55. The van der Waals surface area contributed by atoms with E-state index in [1.807, 2.05) is 35.2 Å². The molecule has 2 aliphatic rings. The van der Waals surface area contributed by atoms with Crippen molar-refractivity contribution in [3.8, 4) is 11.5 Å². The second kappa shape index (κ2) is 11.8. The number of amides is 1. The minimum Gasteiger partial charge on any atom is -0.455 e. The fourth-order valence-corrected chi connectivity index (χ4v) is 5.55. The van der Waals surface area contributed by atoms with Crippen LogP contribution in [0.2, 0.25) is 0 Å². The number of nitrogens with zero attached hydrogens (tertiary/aromatic N) is 2. The molecule has 6 heteroatoms. The first-order valence-corrected chi connectivity index (χ1v) is 13.8. The Morgan fingerprint density at radius 1 is 0.744 bits per heavy atom. The molecule has 3 heterocycles. The number of ether oxygens (including phenoxy) is 2. The van der Waals surface area contributed by atoms with Gasteiger partial charge in [0.25, 0.3) is 5.91 Å². The summed E-state index contributed by atoms with van der Waals surface area (Å²) in [4.78, 5) is 17.5. The van der Waals surface area contributed by atoms with Crippen LogP contribution in [-0.4, -0.2) is 35.6 Å². The van der Waals surface area contributed by atoms with Crippen molar-refractivity contribution in [1.82, 2.24) is 9.80 Å². The van der Waals surface area contributed by atoms with Crippen LogP contribution < -0.4 is 9.47 Å². The van der Waals surface area contributed by atoms with Gasteiger partial charge in [0.2, 0.25) is 6.79 Å². The molecule has 1 aromatic heterocycles. The van der Waals surface area contributed by atoms with Gasteiger partial charge in [-0.2, -0.15) is 0 Å². The molecule has 4 aromatic rings. The van der Waals surface area contributed by atoms with Gasteiger partial charge in [0, 0.05) is 26.2 Å². The Hall–Kier alpha value is -4.03. The van der Waals surface area contributed by atoms with Crippen LogP contribution >= 0.6 is 0 Å². The Balaban J connectivity index is 1.09. The summed E-state index contributed by atoms with van der Waals surface area (Å²) in [5.74, 6) is 3.39. The van der Waals surface area contributed by atoms with Crippen molar-refractivity contribution in [3.05, 3.63) is 119 Å². The van der Waals surface area contributed by atoms with Crippen LogP contribution in [0.5, 0.6) is 11.5 Å². The van der Waals surface area contributed by atoms with Gasteiger partial charge < -0.3 is 18.8 Å². The highest BCUT2D eigenvalue weighted by Crippen LogP contribution is 2.33. The molecule has 6 nitrogen and oxygen atoms in total. The van der Waals surface area contributed by atoms with Crippen LogP contribution in [-0.2, 0) is 26.1 Å². The van der Waals surface area contributed by atoms with Crippen molar-refractivity contribution in [1.29, 1.82) is 0 Å². The van der Waals surface area contributed by atoms with E-state index < -0.39 is 0 Å². The highest BCUT2D eigenvalue weighted by molar-refractivity contribution is 5.91. The van der Waals surface area contributed by atoms with Crippen LogP contribution in [0.1, 0.15) is 45.8 Å². The van der Waals surface area contributed by atoms with Gasteiger partial charge in [0.05, 0.1) is 6.54 Å². The van der Waals surface area contributed by atoms with Crippen LogP contribution in [0.4, 0.5) is 0 Å². The summed E-state index contributed by atoms with van der Waals surface area (Å²) in [6.07, 6.45) is 3.12. The van der Waals surface area contributed by atoms with E-state index in [1.165, 1.54) is 11.1 Å². The number of likely N-dealkylation sites (tertiary alicyclic amines) is 1. The van der Waals surface area contributed by atoms with Crippen LogP contribution in [0.25, 0.3) is 0 Å². The molecule has 200 valence electrons. The molecule has 0 saturated carbocycles. The van der Waals surface area contributed by atoms with Gasteiger partial charge >= 0.3 is 0 Å². The van der Waals surface area contributed by atoms with Crippen molar-refractivity contribution < 1.29 is 18.7 Å². The lowest BCUT2D eigenvalue weighted by molar-refractivity contribution is 0.0654. The smallest absolute Gasteiger partial charge is 0.289 e. The average molecular weight is 523 g/mol. The van der Waals surface area contributed by atoms with Gasteiger partial charge in [-0.25, -0.2) is 0 Å². The molecule has 0 unspecified atom stereocenters. The van der Waals surface area contributed by atoms with Gasteiger partial charge in [0.1, 0.15) is 5.76 Å². The molecule has 0 bridgehead atoms. The van der Waals surface area contributed by atoms with E-state index in [2.05, 4.69) is 65.6 Å². The Kier molecular flexibility index (Phi) is 7.63. The Labute approximate surface area is 229 Å². The highest BCUT2D eigenvalue weighted by Gasteiger charge is 2.26. The molecule has 0 radical (unpaired) electrons. The van der Waals surface area contributed by atoms with Crippen LogP contribution in [0.3, 0.4) is 0 Å². The largest absolute Gasteiger partial charge is 0.455 e. The number of benzene rings is 3. The van der Waals surface area contributed by atoms with Gasteiger partial charge in [-0.1, -0.05) is 66.7 Å². The first-order chi connectivity index (χ1) is 19.2. The number of carbonyl (C=O) groups excluding carboxylic acids is 1. The molecule has 39 heavy (non-hydrogen) atoms. The van der Waals surface area contributed by atoms with Gasteiger partial charge in [-0.3, -0.25) is 9.69 Å². The summed E-state index contributed by atoms with van der Waals surface area (Å²) in [5.41, 5.74) is 3.73. The van der Waals surface area contributed by atoms with Gasteiger partial charge in [-0.15, -0.1) is 0 Å². The fraction of sp³-hybridized carbons (Fsp3) is 0.303. The van der Waals surface area contributed by atoms with E-state index in [4.69, 9.17) is 13.9 Å². The molecule has 1 fully saturated rings. The number of furan rings is 1. The standard InChI is InChI=1S/C33H34N2O4/c36-33(35-17-15-26(16-18-35)19-25-7-3-1-4-8-25)31-14-12-29(39-31)23-34(21-27-9-5-2-6-10-27)22-28-11-13-30-32(20-28)38-24-37-30/h1-14,20,26H,15-19,21-24H2. The van der Waals surface area contributed by atoms with E-state index >= 15 is 0 Å². The quantitative estimate of drug-likeness (QED) is 0.258. The molecule has 1 amide bonds. The van der Waals surface area contributed by atoms with Gasteiger partial charge in [-0.05, 0) is 66.1 Å². The maximum Gasteiger partial charge on any atom is 0.289 e. The normalized spacial score (nSPS) is 15.2. The number of carbonyl (C=O) groups is 1. The zero-order chi connectivity index (χ0) is 26.4. The maximum absolute atomic E-state index is 13.2. The molecule has 0 spiro atoms. The summed E-state index contributed by atoms with van der Waals surface area (Å²) in [6.45, 7) is 3.88. The second-order valence-electron chi connectivity index (χ2n) is 10.5. The van der Waals surface area contributed by atoms with E-state index in [-0.39, 0.29) is 12.7 Å². The second-order valence-corrected chi connectivity index (χ2v) is 10.5. The lowest BCUT2D eigenvalue weighted by Gasteiger charge is -2.31. The number of hydrogen-bond acceptors (Lipinski definition) is 5. The molecule has 0 N–H and O–H groups in total. The van der Waals surface area contributed by atoms with Crippen molar-refractivity contribution in [2.75, 3.05) is 19.9 Å². The number of fused-ring (bicyclic) bond motifs is 1. The summed E-state index contributed by atoms with van der Waals surface area (Å²) >= 11 is 0. The molecule has 0 aliphatic carbocycles. The lowest BCUT2D eigenvalue weighted by atomic mass is 9.90. The molecule has 2 aliphatic heterocycles. The first-order valence-electron chi connectivity index (χ1n) is 13.8. The zero-order valence-electron chi connectivity index (χ0n) is 22.1. The van der Waals surface area contributed by atoms with Crippen molar-refractivity contribution in [2.24, 2.45) is 5.92 Å². The van der Waals surface area contributed by atoms with Crippen molar-refractivity contribution in [3.63, 3.8) is 0 Å². The van der Waals surface area contributed by atoms with Crippen LogP contribution in [0.15, 0.2) is 95.4 Å². The molecular weight excluding hydrogens is 488 g/mol. The van der Waals surface area contributed by atoms with E-state index in [0.717, 1.165) is 61.7 Å². The number of rotatable bonds is 9. The minimum atomic E-state index is -0.00945. The van der Waals surface area contributed by atoms with Crippen LogP contribution in [0, 0.1) is 5.92 Å². The Morgan fingerprint density at radius 3 is 2.21 bits per heavy atom. The van der Waals surface area contributed by atoms with E-state index in [0.29, 0.717) is 24.8 Å². The predicted octanol–water partition coefficient (Wildman–Crippen LogP) is 6.31. The molecule has 6 rings (SSSR count). The molecule has 3 aromatic carbocycles. The third-order valence-electron chi connectivity index (χ3n) is 7.61. The molecular formula is C33H34N2O4. The minimum absolute atomic E-state index is 0.00945. The lowest BCUT2D eigenvalue weighted by Crippen LogP contribution is -2.38. The monoisotopic (exact) mass is 522 g/mol. The molecule has 1 saturated heterocycles. The van der Waals surface area contributed by atoms with Gasteiger partial charge in [0.15, 0.2) is 17.3 Å². The predicted molar refractivity (Wildman–Crippen MR) is 149 cm³/mol. The Bertz CT molecular complexity index is 1380. The van der Waals surface area contributed by atoms with Crippen molar-refractivity contribution in [2.45, 2.75) is 38.9 Å². The SMILES string of the molecule is O=C(c1ccc(CN(Cc2ccccc2)Cc2ccc3c(c2)OCO3)o1)N1CCC(Cc2ccccc2)CC1. The molecule has 0 atom stereocenters. The maximum atomic E-state index is 13.2. The topological polar surface area (TPSA) is 55.2 Å². The summed E-state index contributed by atoms with van der Waals surface area (Å²) in [7, 11) is 0. The summed E-state index contributed by atoms with van der Waals surface area (Å²) in [6, 6.07) is 30.9.